The highest BCUT2D eigenvalue weighted by Gasteiger charge is 2.37. The van der Waals surface area contributed by atoms with E-state index in [-0.39, 0.29) is 23.9 Å². The smallest absolute Gasteiger partial charge is 0.270 e. The zero-order chi connectivity index (χ0) is 22.1. The van der Waals surface area contributed by atoms with Crippen LogP contribution in [0.25, 0.3) is 0 Å². The van der Waals surface area contributed by atoms with Crippen molar-refractivity contribution in [3.63, 3.8) is 0 Å². The van der Waals surface area contributed by atoms with Crippen LogP contribution in [0.1, 0.15) is 48.7 Å². The Morgan fingerprint density at radius 1 is 1.16 bits per heavy atom. The monoisotopic (exact) mass is 441 g/mol. The van der Waals surface area contributed by atoms with E-state index in [0.717, 1.165) is 16.0 Å². The van der Waals surface area contributed by atoms with Crippen LogP contribution in [0.4, 0.5) is 0 Å². The molecule has 0 spiro atoms. The molecule has 1 atom stereocenters. The molecule has 31 heavy (non-hydrogen) atoms. The lowest BCUT2D eigenvalue weighted by atomic mass is 9.90. The van der Waals surface area contributed by atoms with E-state index in [9.17, 15) is 9.59 Å². The average molecular weight is 442 g/mol. The molecule has 0 radical (unpaired) electrons. The predicted octanol–water partition coefficient (Wildman–Crippen LogP) is 3.63. The molecule has 2 aromatic rings. The van der Waals surface area contributed by atoms with Crippen molar-refractivity contribution in [3.05, 3.63) is 45.6 Å². The van der Waals surface area contributed by atoms with Gasteiger partial charge >= 0.3 is 0 Å². The van der Waals surface area contributed by atoms with E-state index < -0.39 is 0 Å². The number of hydrogen-bond donors (Lipinski definition) is 0. The first-order valence-corrected chi connectivity index (χ1v) is 11.3. The minimum absolute atomic E-state index is 0.0397. The quantitative estimate of drug-likeness (QED) is 0.710. The van der Waals surface area contributed by atoms with Crippen LogP contribution >= 0.6 is 11.3 Å². The summed E-state index contributed by atoms with van der Waals surface area (Å²) in [6, 6.07) is 7.72. The Labute approximate surface area is 186 Å². The van der Waals surface area contributed by atoms with Gasteiger partial charge in [0.15, 0.2) is 11.5 Å². The molecule has 2 aliphatic rings. The van der Waals surface area contributed by atoms with Crippen molar-refractivity contribution in [1.29, 1.82) is 0 Å². The second kappa shape index (κ2) is 8.70. The van der Waals surface area contributed by atoms with Gasteiger partial charge in [-0.2, -0.15) is 5.10 Å². The summed E-state index contributed by atoms with van der Waals surface area (Å²) in [6.45, 7) is 4.37. The number of carbonyl (C=O) groups excluding carboxylic acids is 2. The fraction of sp³-hybridized carbons (Fsp3) is 0.435. The number of fused-ring (bicyclic) bond motifs is 1. The van der Waals surface area contributed by atoms with Gasteiger partial charge in [0.25, 0.3) is 5.91 Å². The summed E-state index contributed by atoms with van der Waals surface area (Å²) in [5, 5.41) is 7.89. The van der Waals surface area contributed by atoms with Crippen molar-refractivity contribution in [2.24, 2.45) is 5.10 Å². The number of amides is 2. The molecule has 1 unspecified atom stereocenters. The maximum Gasteiger partial charge on any atom is 0.270 e. The molecular weight excluding hydrogens is 414 g/mol. The molecule has 1 aromatic heterocycles. The van der Waals surface area contributed by atoms with Crippen LogP contribution in [0.2, 0.25) is 0 Å². The van der Waals surface area contributed by atoms with E-state index in [1.807, 2.05) is 48.4 Å². The summed E-state index contributed by atoms with van der Waals surface area (Å²) < 4.78 is 11.0. The number of hydrogen-bond acceptors (Lipinski definition) is 6. The Balaban J connectivity index is 1.76. The standard InChI is InChI=1S/C23H27N3O4S/c1-14(2)26-21(27)8-7-17(24-26)23(28)25-10-9-15-12-18(29-3)19(30-4)13-16(15)22(25)20-6-5-11-31-20/h5-6,11-14,22H,7-10H2,1-4H3. The van der Waals surface area contributed by atoms with E-state index in [1.54, 1.807) is 25.6 Å². The normalized spacial score (nSPS) is 18.7. The van der Waals surface area contributed by atoms with Crippen molar-refractivity contribution >= 4 is 28.9 Å². The molecule has 7 nitrogen and oxygen atoms in total. The van der Waals surface area contributed by atoms with E-state index in [1.165, 1.54) is 5.01 Å². The number of hydrazone groups is 1. The zero-order valence-electron chi connectivity index (χ0n) is 18.3. The third kappa shape index (κ3) is 3.92. The number of carbonyl (C=O) groups is 2. The highest BCUT2D eigenvalue weighted by molar-refractivity contribution is 7.10. The first-order valence-electron chi connectivity index (χ1n) is 10.4. The number of nitrogens with zero attached hydrogens (tertiary/aromatic N) is 3. The first kappa shape index (κ1) is 21.4. The molecule has 2 aliphatic heterocycles. The van der Waals surface area contributed by atoms with Crippen molar-refractivity contribution < 1.29 is 19.1 Å². The molecular formula is C23H27N3O4S. The number of thiophene rings is 1. The SMILES string of the molecule is COc1cc2c(cc1OC)C(c1cccs1)N(C(=O)C1=NN(C(C)C)C(=O)CC1)CC2. The maximum atomic E-state index is 13.6. The van der Waals surface area contributed by atoms with Crippen molar-refractivity contribution in [1.82, 2.24) is 9.91 Å². The number of methoxy groups -OCH3 is 2. The fourth-order valence-electron chi connectivity index (χ4n) is 4.21. The van der Waals surface area contributed by atoms with Gasteiger partial charge in [0.05, 0.1) is 20.3 Å². The Hall–Kier alpha value is -2.87. The molecule has 0 fully saturated rings. The van der Waals surface area contributed by atoms with Gasteiger partial charge in [0.1, 0.15) is 5.71 Å². The largest absolute Gasteiger partial charge is 0.493 e. The summed E-state index contributed by atoms with van der Waals surface area (Å²) in [5.74, 6) is 1.18. The van der Waals surface area contributed by atoms with Crippen molar-refractivity contribution in [2.75, 3.05) is 20.8 Å². The molecule has 0 N–H and O–H groups in total. The lowest BCUT2D eigenvalue weighted by Gasteiger charge is -2.38. The van der Waals surface area contributed by atoms with Crippen LogP contribution in [0.3, 0.4) is 0 Å². The summed E-state index contributed by atoms with van der Waals surface area (Å²) in [7, 11) is 3.24. The minimum Gasteiger partial charge on any atom is -0.493 e. The van der Waals surface area contributed by atoms with Gasteiger partial charge in [-0.05, 0) is 55.0 Å². The van der Waals surface area contributed by atoms with Crippen LogP contribution in [0.15, 0.2) is 34.7 Å². The summed E-state index contributed by atoms with van der Waals surface area (Å²) in [5.41, 5.74) is 2.62. The Morgan fingerprint density at radius 2 is 1.90 bits per heavy atom. The molecule has 3 heterocycles. The number of benzene rings is 1. The molecule has 4 rings (SSSR count). The van der Waals surface area contributed by atoms with Gasteiger partial charge in [0.2, 0.25) is 5.91 Å². The summed E-state index contributed by atoms with van der Waals surface area (Å²) in [6.07, 6.45) is 1.39. The van der Waals surface area contributed by atoms with Crippen LogP contribution in [0, 0.1) is 0 Å². The summed E-state index contributed by atoms with van der Waals surface area (Å²) in [4.78, 5) is 28.8. The van der Waals surface area contributed by atoms with Gasteiger partial charge in [0, 0.05) is 30.3 Å². The molecule has 8 heteroatoms. The van der Waals surface area contributed by atoms with E-state index in [0.29, 0.717) is 43.0 Å². The van der Waals surface area contributed by atoms with Gasteiger partial charge in [-0.3, -0.25) is 9.59 Å². The Kier molecular flexibility index (Phi) is 6.00. The second-order valence-corrected chi connectivity index (χ2v) is 8.93. The van der Waals surface area contributed by atoms with E-state index >= 15 is 0 Å². The Morgan fingerprint density at radius 3 is 2.55 bits per heavy atom. The molecule has 0 aliphatic carbocycles. The molecule has 0 saturated heterocycles. The minimum atomic E-state index is -0.233. The topological polar surface area (TPSA) is 71.4 Å². The van der Waals surface area contributed by atoms with Gasteiger partial charge in [-0.25, -0.2) is 5.01 Å². The Bertz CT molecular complexity index is 1020. The summed E-state index contributed by atoms with van der Waals surface area (Å²) >= 11 is 1.62. The van der Waals surface area contributed by atoms with Gasteiger partial charge in [-0.1, -0.05) is 6.07 Å². The predicted molar refractivity (Wildman–Crippen MR) is 120 cm³/mol. The molecule has 0 bridgehead atoms. The van der Waals surface area contributed by atoms with E-state index in [2.05, 4.69) is 5.10 Å². The highest BCUT2D eigenvalue weighted by Crippen LogP contribution is 2.42. The molecule has 1 aromatic carbocycles. The number of ether oxygens (including phenoxy) is 2. The van der Waals surface area contributed by atoms with Crippen molar-refractivity contribution in [3.8, 4) is 11.5 Å². The highest BCUT2D eigenvalue weighted by atomic mass is 32.1. The number of rotatable bonds is 5. The zero-order valence-corrected chi connectivity index (χ0v) is 19.1. The van der Waals surface area contributed by atoms with E-state index in [4.69, 9.17) is 9.47 Å². The van der Waals surface area contributed by atoms with Crippen LogP contribution in [0.5, 0.6) is 11.5 Å². The lowest BCUT2D eigenvalue weighted by Crippen LogP contribution is -2.46. The lowest BCUT2D eigenvalue weighted by molar-refractivity contribution is -0.133. The fourth-order valence-corrected chi connectivity index (χ4v) is 5.07. The van der Waals surface area contributed by atoms with Gasteiger partial charge < -0.3 is 14.4 Å². The van der Waals surface area contributed by atoms with Gasteiger partial charge in [-0.15, -0.1) is 11.3 Å². The first-order chi connectivity index (χ1) is 14.9. The molecule has 164 valence electrons. The third-order valence-electron chi connectivity index (χ3n) is 5.74. The molecule has 2 amide bonds. The van der Waals surface area contributed by atoms with Crippen LogP contribution in [-0.2, 0) is 16.0 Å². The third-order valence-corrected chi connectivity index (χ3v) is 6.67. The molecule has 0 saturated carbocycles. The maximum absolute atomic E-state index is 13.6. The van der Waals surface area contributed by atoms with Crippen molar-refractivity contribution in [2.45, 2.75) is 45.2 Å². The average Bonchev–Trinajstić information content (AvgIpc) is 3.31. The second-order valence-electron chi connectivity index (χ2n) is 7.95. The van der Waals surface area contributed by atoms with Crippen LogP contribution < -0.4 is 9.47 Å². The van der Waals surface area contributed by atoms with Crippen LogP contribution in [-0.4, -0.2) is 54.2 Å².